The lowest BCUT2D eigenvalue weighted by atomic mass is 10.2. The zero-order chi connectivity index (χ0) is 12.6. The van der Waals surface area contributed by atoms with Gasteiger partial charge in [-0.1, -0.05) is 42.2 Å². The van der Waals surface area contributed by atoms with Gasteiger partial charge >= 0.3 is 0 Å². The minimum absolute atomic E-state index is 0.0734. The highest BCUT2D eigenvalue weighted by Gasteiger charge is 1.99. The molecular formula is C15H14OS2. The van der Waals surface area contributed by atoms with Crippen molar-refractivity contribution >= 4 is 23.1 Å². The first-order valence-electron chi connectivity index (χ1n) is 5.68. The van der Waals surface area contributed by atoms with E-state index in [-0.39, 0.29) is 6.61 Å². The van der Waals surface area contributed by atoms with E-state index in [2.05, 4.69) is 42.2 Å². The summed E-state index contributed by atoms with van der Waals surface area (Å²) >= 11 is 3.61. The van der Waals surface area contributed by atoms with Gasteiger partial charge in [-0.15, -0.1) is 11.3 Å². The van der Waals surface area contributed by atoms with Crippen molar-refractivity contribution in [3.05, 3.63) is 57.8 Å². The topological polar surface area (TPSA) is 20.2 Å². The molecule has 0 aliphatic carbocycles. The first-order chi connectivity index (χ1) is 8.88. The summed E-state index contributed by atoms with van der Waals surface area (Å²) in [6.45, 7) is -0.0734. The Morgan fingerprint density at radius 2 is 1.89 bits per heavy atom. The molecule has 18 heavy (non-hydrogen) atoms. The van der Waals surface area contributed by atoms with Crippen molar-refractivity contribution in [1.82, 2.24) is 0 Å². The van der Waals surface area contributed by atoms with Crippen molar-refractivity contribution in [3.8, 4) is 11.8 Å². The predicted molar refractivity (Wildman–Crippen MR) is 79.7 cm³/mol. The van der Waals surface area contributed by atoms with Crippen molar-refractivity contribution in [2.45, 2.75) is 11.5 Å². The van der Waals surface area contributed by atoms with Crippen LogP contribution < -0.4 is 0 Å². The Kier molecular flexibility index (Phi) is 5.35. The van der Waals surface area contributed by atoms with Gasteiger partial charge in [0.15, 0.2) is 0 Å². The van der Waals surface area contributed by atoms with Crippen LogP contribution in [0, 0.1) is 11.8 Å². The molecule has 2 aromatic rings. The van der Waals surface area contributed by atoms with Gasteiger partial charge in [-0.2, -0.15) is 11.8 Å². The van der Waals surface area contributed by atoms with E-state index in [4.69, 9.17) is 5.11 Å². The average Bonchev–Trinajstić information content (AvgIpc) is 2.85. The van der Waals surface area contributed by atoms with Gasteiger partial charge in [-0.05, 0) is 17.7 Å². The Bertz CT molecular complexity index is 534. The molecule has 0 aliphatic heterocycles. The quantitative estimate of drug-likeness (QED) is 0.861. The highest BCUT2D eigenvalue weighted by Crippen LogP contribution is 2.23. The van der Waals surface area contributed by atoms with E-state index >= 15 is 0 Å². The summed E-state index contributed by atoms with van der Waals surface area (Å²) in [7, 11) is 0. The number of aliphatic hydroxyl groups excluding tert-OH is 1. The van der Waals surface area contributed by atoms with Gasteiger partial charge in [0.25, 0.3) is 0 Å². The summed E-state index contributed by atoms with van der Waals surface area (Å²) in [5.74, 6) is 7.65. The third-order valence-corrected chi connectivity index (χ3v) is 4.54. The molecule has 1 heterocycles. The molecule has 3 heteroatoms. The second kappa shape index (κ2) is 7.27. The molecule has 92 valence electrons. The van der Waals surface area contributed by atoms with Crippen molar-refractivity contribution in [2.75, 3.05) is 6.61 Å². The second-order valence-corrected chi connectivity index (χ2v) is 5.86. The average molecular weight is 274 g/mol. The molecule has 0 fully saturated rings. The Hall–Kier alpha value is -1.21. The van der Waals surface area contributed by atoms with Gasteiger partial charge in [0, 0.05) is 16.4 Å². The molecule has 0 atom stereocenters. The van der Waals surface area contributed by atoms with Crippen LogP contribution in [-0.2, 0) is 11.5 Å². The zero-order valence-electron chi connectivity index (χ0n) is 9.93. The van der Waals surface area contributed by atoms with Gasteiger partial charge in [0.05, 0.1) is 4.88 Å². The maximum atomic E-state index is 8.63. The highest BCUT2D eigenvalue weighted by atomic mass is 32.2. The number of benzene rings is 1. The van der Waals surface area contributed by atoms with E-state index in [1.807, 2.05) is 23.9 Å². The molecule has 0 radical (unpaired) electrons. The van der Waals surface area contributed by atoms with Crippen molar-refractivity contribution in [3.63, 3.8) is 0 Å². The van der Waals surface area contributed by atoms with Crippen molar-refractivity contribution in [1.29, 1.82) is 0 Å². The maximum Gasteiger partial charge on any atom is 0.104 e. The van der Waals surface area contributed by atoms with Crippen molar-refractivity contribution < 1.29 is 5.11 Å². The van der Waals surface area contributed by atoms with Crippen LogP contribution in [-0.4, -0.2) is 11.7 Å². The minimum Gasteiger partial charge on any atom is -0.384 e. The Balaban J connectivity index is 1.82. The highest BCUT2D eigenvalue weighted by molar-refractivity contribution is 7.97. The predicted octanol–water partition coefficient (Wildman–Crippen LogP) is 3.53. The lowest BCUT2D eigenvalue weighted by Gasteiger charge is -1.99. The maximum absolute atomic E-state index is 8.63. The Labute approximate surface area is 116 Å². The fraction of sp³-hybridized carbons (Fsp3) is 0.200. The smallest absolute Gasteiger partial charge is 0.104 e. The van der Waals surface area contributed by atoms with Crippen LogP contribution in [0.4, 0.5) is 0 Å². The first kappa shape index (κ1) is 13.2. The number of hydrogen-bond acceptors (Lipinski definition) is 3. The van der Waals surface area contributed by atoms with Gasteiger partial charge < -0.3 is 5.11 Å². The number of hydrogen-bond donors (Lipinski definition) is 1. The van der Waals surface area contributed by atoms with Gasteiger partial charge in [0.2, 0.25) is 0 Å². The fourth-order valence-corrected chi connectivity index (χ4v) is 3.48. The lowest BCUT2D eigenvalue weighted by molar-refractivity contribution is 0.350. The number of thiophene rings is 1. The number of aliphatic hydroxyl groups is 1. The van der Waals surface area contributed by atoms with Crippen LogP contribution in [0.3, 0.4) is 0 Å². The van der Waals surface area contributed by atoms with Gasteiger partial charge in [-0.3, -0.25) is 0 Å². The normalized spacial score (nSPS) is 9.83. The van der Waals surface area contributed by atoms with Crippen LogP contribution >= 0.6 is 23.1 Å². The molecule has 0 spiro atoms. The van der Waals surface area contributed by atoms with E-state index in [0.717, 1.165) is 16.4 Å². The summed E-state index contributed by atoms with van der Waals surface area (Å²) in [5.41, 5.74) is 1.36. The summed E-state index contributed by atoms with van der Waals surface area (Å²) in [6.07, 6.45) is 0. The van der Waals surface area contributed by atoms with E-state index in [0.29, 0.717) is 0 Å². The van der Waals surface area contributed by atoms with Gasteiger partial charge in [0.1, 0.15) is 6.61 Å². The molecule has 0 bridgehead atoms. The van der Waals surface area contributed by atoms with E-state index < -0.39 is 0 Å². The van der Waals surface area contributed by atoms with E-state index in [9.17, 15) is 0 Å². The molecule has 0 saturated heterocycles. The molecule has 0 unspecified atom stereocenters. The molecule has 0 aliphatic rings. The standard InChI is InChI=1S/C15H14OS2/c16-10-4-7-14-8-9-15(18-14)12-17-11-13-5-2-1-3-6-13/h1-3,5-6,8-9,16H,10-12H2. The first-order valence-corrected chi connectivity index (χ1v) is 7.66. The Morgan fingerprint density at radius 1 is 1.06 bits per heavy atom. The SMILES string of the molecule is OCC#Cc1ccc(CSCc2ccccc2)s1. The minimum atomic E-state index is -0.0734. The molecular weight excluding hydrogens is 260 g/mol. The monoisotopic (exact) mass is 274 g/mol. The molecule has 2 rings (SSSR count). The molecule has 0 saturated carbocycles. The van der Waals surface area contributed by atoms with Gasteiger partial charge in [-0.25, -0.2) is 0 Å². The second-order valence-electron chi connectivity index (χ2n) is 3.70. The van der Waals surface area contributed by atoms with E-state index in [1.54, 1.807) is 11.3 Å². The summed E-state index contributed by atoms with van der Waals surface area (Å²) in [5, 5.41) is 8.63. The summed E-state index contributed by atoms with van der Waals surface area (Å²) in [4.78, 5) is 2.36. The lowest BCUT2D eigenvalue weighted by Crippen LogP contribution is -1.79. The molecule has 0 amide bonds. The van der Waals surface area contributed by atoms with Crippen LogP contribution in [0.1, 0.15) is 15.3 Å². The van der Waals surface area contributed by atoms with Crippen LogP contribution in [0.25, 0.3) is 0 Å². The number of rotatable bonds is 4. The van der Waals surface area contributed by atoms with Crippen LogP contribution in [0.2, 0.25) is 0 Å². The molecule has 1 aromatic heterocycles. The van der Waals surface area contributed by atoms with E-state index in [1.165, 1.54) is 10.4 Å². The molecule has 1 aromatic carbocycles. The molecule has 1 N–H and O–H groups in total. The van der Waals surface area contributed by atoms with Crippen LogP contribution in [0.5, 0.6) is 0 Å². The van der Waals surface area contributed by atoms with Crippen molar-refractivity contribution in [2.24, 2.45) is 0 Å². The zero-order valence-corrected chi connectivity index (χ0v) is 11.6. The summed E-state index contributed by atoms with van der Waals surface area (Å²) in [6, 6.07) is 14.6. The third-order valence-electron chi connectivity index (χ3n) is 2.31. The summed E-state index contributed by atoms with van der Waals surface area (Å²) < 4.78 is 0. The largest absolute Gasteiger partial charge is 0.384 e. The number of thioether (sulfide) groups is 1. The third kappa shape index (κ3) is 4.23. The fourth-order valence-electron chi connectivity index (χ4n) is 1.49. The Morgan fingerprint density at radius 3 is 2.67 bits per heavy atom. The molecule has 1 nitrogen and oxygen atoms in total. The van der Waals surface area contributed by atoms with Crippen LogP contribution in [0.15, 0.2) is 42.5 Å².